The van der Waals surface area contributed by atoms with E-state index in [1.807, 2.05) is 0 Å². The van der Waals surface area contributed by atoms with Crippen LogP contribution >= 0.6 is 11.6 Å². The second-order valence-electron chi connectivity index (χ2n) is 4.91. The topological polar surface area (TPSA) is 71.3 Å². The summed E-state index contributed by atoms with van der Waals surface area (Å²) in [5, 5.41) is 3.77. The molecule has 7 heteroatoms. The maximum Gasteiger partial charge on any atom is 0.289 e. The zero-order chi connectivity index (χ0) is 14.7. The number of nitrogens with one attached hydrogen (secondary N) is 1. The summed E-state index contributed by atoms with van der Waals surface area (Å²) in [7, 11) is 0. The average molecular weight is 307 g/mol. The molecule has 1 aliphatic rings. The number of piperidine rings is 1. The zero-order valence-electron chi connectivity index (χ0n) is 11.3. The van der Waals surface area contributed by atoms with Crippen molar-refractivity contribution < 1.29 is 9.21 Å². The summed E-state index contributed by atoms with van der Waals surface area (Å²) in [6.45, 7) is 1.37. The van der Waals surface area contributed by atoms with Gasteiger partial charge in [-0.05, 0) is 25.0 Å². The van der Waals surface area contributed by atoms with Gasteiger partial charge in [-0.1, -0.05) is 11.6 Å². The van der Waals surface area contributed by atoms with Gasteiger partial charge in [-0.2, -0.15) is 0 Å². The van der Waals surface area contributed by atoms with Crippen LogP contribution in [0.4, 0.5) is 5.95 Å². The lowest BCUT2D eigenvalue weighted by Crippen LogP contribution is -2.42. The molecule has 1 saturated heterocycles. The Morgan fingerprint density at radius 3 is 2.67 bits per heavy atom. The van der Waals surface area contributed by atoms with Crippen LogP contribution in [-0.4, -0.2) is 39.9 Å². The lowest BCUT2D eigenvalue weighted by atomic mass is 10.1. The lowest BCUT2D eigenvalue weighted by Gasteiger charge is -2.31. The fourth-order valence-electron chi connectivity index (χ4n) is 2.35. The minimum atomic E-state index is -0.0545. The van der Waals surface area contributed by atoms with E-state index in [0.29, 0.717) is 29.8 Å². The van der Waals surface area contributed by atoms with Crippen LogP contribution in [0.5, 0.6) is 0 Å². The van der Waals surface area contributed by atoms with Gasteiger partial charge in [0.05, 0.1) is 23.7 Å². The Balaban J connectivity index is 1.53. The van der Waals surface area contributed by atoms with Gasteiger partial charge in [0.15, 0.2) is 5.76 Å². The van der Waals surface area contributed by atoms with Gasteiger partial charge in [-0.3, -0.25) is 4.79 Å². The van der Waals surface area contributed by atoms with Crippen molar-refractivity contribution in [3.8, 4) is 0 Å². The maximum absolute atomic E-state index is 12.1. The van der Waals surface area contributed by atoms with Crippen molar-refractivity contribution in [2.24, 2.45) is 0 Å². The molecular weight excluding hydrogens is 292 g/mol. The molecule has 0 bridgehead atoms. The highest BCUT2D eigenvalue weighted by Crippen LogP contribution is 2.17. The molecule has 0 unspecified atom stereocenters. The van der Waals surface area contributed by atoms with E-state index in [1.165, 1.54) is 6.26 Å². The first-order chi connectivity index (χ1) is 10.2. The van der Waals surface area contributed by atoms with Crippen LogP contribution in [0.25, 0.3) is 0 Å². The first kappa shape index (κ1) is 13.9. The van der Waals surface area contributed by atoms with Crippen LogP contribution in [0.2, 0.25) is 5.02 Å². The zero-order valence-corrected chi connectivity index (χ0v) is 12.1. The molecule has 2 aromatic rings. The molecule has 0 radical (unpaired) electrons. The first-order valence-electron chi connectivity index (χ1n) is 6.79. The second-order valence-corrected chi connectivity index (χ2v) is 5.35. The standard InChI is InChI=1S/C14H15ClN4O2/c15-10-8-16-14(17-9-10)18-11-3-5-19(6-4-11)13(20)12-2-1-7-21-12/h1-2,7-9,11H,3-6H2,(H,16,17,18). The Labute approximate surface area is 127 Å². The quantitative estimate of drug-likeness (QED) is 0.943. The van der Waals surface area contributed by atoms with Crippen molar-refractivity contribution in [1.29, 1.82) is 0 Å². The highest BCUT2D eigenvalue weighted by Gasteiger charge is 2.25. The molecule has 0 saturated carbocycles. The SMILES string of the molecule is O=C(c1ccco1)N1CCC(Nc2ncc(Cl)cn2)CC1. The average Bonchev–Trinajstić information content (AvgIpc) is 3.04. The number of hydrogen-bond donors (Lipinski definition) is 1. The summed E-state index contributed by atoms with van der Waals surface area (Å²) in [5.41, 5.74) is 0. The number of rotatable bonds is 3. The summed E-state index contributed by atoms with van der Waals surface area (Å²) < 4.78 is 5.14. The van der Waals surface area contributed by atoms with Crippen molar-refractivity contribution in [3.05, 3.63) is 41.6 Å². The third-order valence-corrected chi connectivity index (χ3v) is 3.66. The number of anilines is 1. The molecule has 6 nitrogen and oxygen atoms in total. The molecule has 1 aliphatic heterocycles. The van der Waals surface area contributed by atoms with Crippen molar-refractivity contribution in [3.63, 3.8) is 0 Å². The van der Waals surface area contributed by atoms with E-state index >= 15 is 0 Å². The van der Waals surface area contributed by atoms with Gasteiger partial charge < -0.3 is 14.6 Å². The largest absolute Gasteiger partial charge is 0.459 e. The number of nitrogens with zero attached hydrogens (tertiary/aromatic N) is 3. The van der Waals surface area contributed by atoms with E-state index in [2.05, 4.69) is 15.3 Å². The Bertz CT molecular complexity index is 592. The third kappa shape index (κ3) is 3.33. The van der Waals surface area contributed by atoms with Crippen LogP contribution in [-0.2, 0) is 0 Å². The lowest BCUT2D eigenvalue weighted by molar-refractivity contribution is 0.0686. The molecule has 1 amide bonds. The van der Waals surface area contributed by atoms with E-state index in [4.69, 9.17) is 16.0 Å². The molecule has 21 heavy (non-hydrogen) atoms. The van der Waals surface area contributed by atoms with Crippen molar-refractivity contribution in [2.75, 3.05) is 18.4 Å². The van der Waals surface area contributed by atoms with Gasteiger partial charge in [0.2, 0.25) is 5.95 Å². The first-order valence-corrected chi connectivity index (χ1v) is 7.17. The van der Waals surface area contributed by atoms with E-state index in [9.17, 15) is 4.79 Å². The molecule has 3 heterocycles. The molecule has 0 atom stereocenters. The summed E-state index contributed by atoms with van der Waals surface area (Å²) >= 11 is 5.75. The molecule has 2 aromatic heterocycles. The minimum absolute atomic E-state index is 0.0545. The number of aromatic nitrogens is 2. The predicted octanol–water partition coefficient (Wildman–Crippen LogP) is 2.44. The third-order valence-electron chi connectivity index (χ3n) is 3.47. The van der Waals surface area contributed by atoms with Gasteiger partial charge in [-0.15, -0.1) is 0 Å². The number of furan rings is 1. The van der Waals surface area contributed by atoms with Gasteiger partial charge in [0.25, 0.3) is 5.91 Å². The van der Waals surface area contributed by atoms with E-state index < -0.39 is 0 Å². The number of halogens is 1. The number of carbonyl (C=O) groups is 1. The number of amides is 1. The van der Waals surface area contributed by atoms with Crippen molar-refractivity contribution in [1.82, 2.24) is 14.9 Å². The van der Waals surface area contributed by atoms with E-state index in [-0.39, 0.29) is 11.9 Å². The van der Waals surface area contributed by atoms with Crippen LogP contribution < -0.4 is 5.32 Å². The van der Waals surface area contributed by atoms with Crippen LogP contribution in [0.3, 0.4) is 0 Å². The molecule has 0 aromatic carbocycles. The summed E-state index contributed by atoms with van der Waals surface area (Å²) in [5.74, 6) is 0.902. The maximum atomic E-state index is 12.1. The number of carbonyl (C=O) groups excluding carboxylic acids is 1. The second kappa shape index (κ2) is 6.13. The van der Waals surface area contributed by atoms with E-state index in [1.54, 1.807) is 29.4 Å². The fourth-order valence-corrected chi connectivity index (χ4v) is 2.45. The normalized spacial score (nSPS) is 16.0. The number of likely N-dealkylation sites (tertiary alicyclic amines) is 1. The van der Waals surface area contributed by atoms with E-state index in [0.717, 1.165) is 12.8 Å². The van der Waals surface area contributed by atoms with Crippen molar-refractivity contribution in [2.45, 2.75) is 18.9 Å². The molecule has 0 spiro atoms. The smallest absolute Gasteiger partial charge is 0.289 e. The van der Waals surface area contributed by atoms with Gasteiger partial charge in [0.1, 0.15) is 0 Å². The monoisotopic (exact) mass is 306 g/mol. The van der Waals surface area contributed by atoms with Crippen LogP contribution in [0.1, 0.15) is 23.4 Å². The highest BCUT2D eigenvalue weighted by molar-refractivity contribution is 6.30. The Kier molecular flexibility index (Phi) is 4.06. The molecule has 110 valence electrons. The summed E-state index contributed by atoms with van der Waals surface area (Å²) in [6.07, 6.45) is 6.33. The Hall–Kier alpha value is -2.08. The van der Waals surface area contributed by atoms with Crippen LogP contribution in [0.15, 0.2) is 35.2 Å². The van der Waals surface area contributed by atoms with Crippen molar-refractivity contribution >= 4 is 23.5 Å². The molecular formula is C14H15ClN4O2. The number of hydrogen-bond acceptors (Lipinski definition) is 5. The summed E-state index contributed by atoms with van der Waals surface area (Å²) in [4.78, 5) is 22.2. The minimum Gasteiger partial charge on any atom is -0.459 e. The van der Waals surface area contributed by atoms with Crippen LogP contribution in [0, 0.1) is 0 Å². The molecule has 1 fully saturated rings. The molecule has 3 rings (SSSR count). The van der Waals surface area contributed by atoms with Gasteiger partial charge >= 0.3 is 0 Å². The highest BCUT2D eigenvalue weighted by atomic mass is 35.5. The molecule has 1 N–H and O–H groups in total. The van der Waals surface area contributed by atoms with Gasteiger partial charge in [0, 0.05) is 19.1 Å². The molecule has 0 aliphatic carbocycles. The summed E-state index contributed by atoms with van der Waals surface area (Å²) in [6, 6.07) is 3.67. The fraction of sp³-hybridized carbons (Fsp3) is 0.357. The predicted molar refractivity (Wildman–Crippen MR) is 78.3 cm³/mol. The Morgan fingerprint density at radius 1 is 1.33 bits per heavy atom. The Morgan fingerprint density at radius 2 is 2.05 bits per heavy atom. The van der Waals surface area contributed by atoms with Gasteiger partial charge in [-0.25, -0.2) is 9.97 Å².